The first-order valence-electron chi connectivity index (χ1n) is 5.22. The smallest absolute Gasteiger partial charge is 0.333 e. The summed E-state index contributed by atoms with van der Waals surface area (Å²) in [6.45, 7) is -0.619. The predicted octanol–water partition coefficient (Wildman–Crippen LogP) is -0.577. The van der Waals surface area contributed by atoms with Crippen LogP contribution in [0.5, 0.6) is 0 Å². The molecule has 1 atom stereocenters. The molecule has 0 amide bonds. The Balaban J connectivity index is 2.75. The molecular weight excluding hydrogens is 272 g/mol. The minimum Gasteiger partial charge on any atom is -0.479 e. The molecule has 0 unspecified atom stereocenters. The van der Waals surface area contributed by atoms with Crippen molar-refractivity contribution >= 4 is 16.0 Å². The number of aliphatic carboxylic acids is 1. The number of nitrogens with zero attached hydrogens (tertiary/aromatic N) is 1. The number of aliphatic hydroxyl groups excluding tert-OH is 1. The average molecular weight is 284 g/mol. The van der Waals surface area contributed by atoms with Gasteiger partial charge in [-0.25, -0.2) is 17.9 Å². The lowest BCUT2D eigenvalue weighted by Crippen LogP contribution is -2.37. The second kappa shape index (κ2) is 6.29. The van der Waals surface area contributed by atoms with Crippen molar-refractivity contribution in [1.82, 2.24) is 4.72 Å². The minimum absolute atomic E-state index is 0.228. The van der Waals surface area contributed by atoms with Crippen LogP contribution in [-0.4, -0.2) is 37.2 Å². The molecule has 1 aromatic rings. The van der Waals surface area contributed by atoms with Gasteiger partial charge < -0.3 is 10.2 Å². The largest absolute Gasteiger partial charge is 0.479 e. The van der Waals surface area contributed by atoms with Crippen LogP contribution in [0.3, 0.4) is 0 Å². The summed E-state index contributed by atoms with van der Waals surface area (Å²) in [6.07, 6.45) is -1.80. The number of aliphatic hydroxyl groups is 1. The van der Waals surface area contributed by atoms with Crippen LogP contribution in [0.1, 0.15) is 11.1 Å². The van der Waals surface area contributed by atoms with Gasteiger partial charge in [0.15, 0.2) is 6.10 Å². The van der Waals surface area contributed by atoms with E-state index in [1.807, 2.05) is 10.8 Å². The van der Waals surface area contributed by atoms with E-state index in [-0.39, 0.29) is 5.56 Å². The van der Waals surface area contributed by atoms with Crippen LogP contribution in [0.4, 0.5) is 0 Å². The number of carboxylic acid groups (broad SMARTS) is 1. The fraction of sp³-hybridized carbons (Fsp3) is 0.273. The van der Waals surface area contributed by atoms with Crippen molar-refractivity contribution in [2.24, 2.45) is 0 Å². The van der Waals surface area contributed by atoms with Crippen LogP contribution in [0, 0.1) is 11.3 Å². The second-order valence-electron chi connectivity index (χ2n) is 3.73. The highest BCUT2D eigenvalue weighted by Crippen LogP contribution is 2.10. The first kappa shape index (κ1) is 15.1. The van der Waals surface area contributed by atoms with Gasteiger partial charge in [0.2, 0.25) is 10.0 Å². The Labute approximate surface area is 110 Å². The fourth-order valence-electron chi connectivity index (χ4n) is 1.30. The Morgan fingerprint density at radius 1 is 1.42 bits per heavy atom. The van der Waals surface area contributed by atoms with E-state index >= 15 is 0 Å². The maximum atomic E-state index is 11.7. The van der Waals surface area contributed by atoms with E-state index in [1.165, 1.54) is 12.1 Å². The summed E-state index contributed by atoms with van der Waals surface area (Å²) >= 11 is 0. The zero-order chi connectivity index (χ0) is 14.5. The van der Waals surface area contributed by atoms with Gasteiger partial charge in [-0.1, -0.05) is 18.2 Å². The number of carbonyl (C=O) groups is 1. The lowest BCUT2D eigenvalue weighted by Gasteiger charge is -2.09. The summed E-state index contributed by atoms with van der Waals surface area (Å²) in [5, 5.41) is 26.2. The van der Waals surface area contributed by atoms with Crippen LogP contribution < -0.4 is 4.72 Å². The van der Waals surface area contributed by atoms with E-state index in [9.17, 15) is 13.2 Å². The summed E-state index contributed by atoms with van der Waals surface area (Å²) < 4.78 is 25.3. The fourth-order valence-corrected chi connectivity index (χ4v) is 2.48. The van der Waals surface area contributed by atoms with Gasteiger partial charge in [-0.3, -0.25) is 0 Å². The SMILES string of the molecule is N#Cc1ccccc1CS(=O)(=O)NC[C@H](O)C(=O)O. The molecule has 3 N–H and O–H groups in total. The van der Waals surface area contributed by atoms with Gasteiger partial charge in [-0.15, -0.1) is 0 Å². The van der Waals surface area contributed by atoms with Gasteiger partial charge in [0.1, 0.15) is 0 Å². The summed E-state index contributed by atoms with van der Waals surface area (Å²) in [7, 11) is -3.82. The van der Waals surface area contributed by atoms with Crippen molar-refractivity contribution in [3.05, 3.63) is 35.4 Å². The number of sulfonamides is 1. The Kier molecular flexibility index (Phi) is 5.00. The molecule has 1 aromatic carbocycles. The van der Waals surface area contributed by atoms with Crippen LogP contribution >= 0.6 is 0 Å². The molecule has 0 heterocycles. The molecular formula is C11H12N2O5S. The standard InChI is InChI=1S/C11H12N2O5S/c12-5-8-3-1-2-4-9(8)7-19(17,18)13-6-10(14)11(15)16/h1-4,10,13-14H,6-7H2,(H,15,16)/t10-/m0/s1. The number of carboxylic acids is 1. The van der Waals surface area contributed by atoms with E-state index in [0.29, 0.717) is 5.56 Å². The Hall–Kier alpha value is -1.95. The third-order valence-corrected chi connectivity index (χ3v) is 3.56. The molecule has 1 rings (SSSR count). The first-order valence-corrected chi connectivity index (χ1v) is 6.87. The molecule has 0 bridgehead atoms. The molecule has 0 saturated carbocycles. The third kappa shape index (κ3) is 4.67. The lowest BCUT2D eigenvalue weighted by atomic mass is 10.1. The summed E-state index contributed by atoms with van der Waals surface area (Å²) in [5.41, 5.74) is 0.536. The van der Waals surface area contributed by atoms with E-state index < -0.39 is 34.4 Å². The van der Waals surface area contributed by atoms with Crippen LogP contribution in [0.25, 0.3) is 0 Å². The van der Waals surface area contributed by atoms with Crippen LogP contribution in [0.2, 0.25) is 0 Å². The van der Waals surface area contributed by atoms with Crippen molar-refractivity contribution in [2.75, 3.05) is 6.54 Å². The molecule has 0 aliphatic heterocycles. The molecule has 0 saturated heterocycles. The number of hydrogen-bond acceptors (Lipinski definition) is 5. The number of nitrogens with one attached hydrogen (secondary N) is 1. The van der Waals surface area contributed by atoms with Gasteiger partial charge in [0, 0.05) is 6.54 Å². The van der Waals surface area contributed by atoms with E-state index in [4.69, 9.17) is 15.5 Å². The number of nitriles is 1. The minimum atomic E-state index is -3.82. The topological polar surface area (TPSA) is 127 Å². The maximum absolute atomic E-state index is 11.7. The maximum Gasteiger partial charge on any atom is 0.333 e. The Morgan fingerprint density at radius 2 is 2.05 bits per heavy atom. The average Bonchev–Trinajstić information content (AvgIpc) is 2.36. The normalized spacial score (nSPS) is 12.6. The number of hydrogen-bond donors (Lipinski definition) is 3. The van der Waals surface area contributed by atoms with Crippen molar-refractivity contribution in [3.8, 4) is 6.07 Å². The zero-order valence-corrected chi connectivity index (χ0v) is 10.6. The first-order chi connectivity index (χ1) is 8.85. The highest BCUT2D eigenvalue weighted by Gasteiger charge is 2.19. The van der Waals surface area contributed by atoms with Gasteiger partial charge in [-0.2, -0.15) is 5.26 Å². The third-order valence-electron chi connectivity index (χ3n) is 2.26. The molecule has 0 radical (unpaired) electrons. The molecule has 0 spiro atoms. The van der Waals surface area contributed by atoms with Crippen molar-refractivity contribution in [3.63, 3.8) is 0 Å². The molecule has 0 aliphatic rings. The van der Waals surface area contributed by atoms with Gasteiger partial charge in [0.25, 0.3) is 0 Å². The predicted molar refractivity (Wildman–Crippen MR) is 65.4 cm³/mol. The monoisotopic (exact) mass is 284 g/mol. The second-order valence-corrected chi connectivity index (χ2v) is 5.54. The van der Waals surface area contributed by atoms with Crippen LogP contribution in [0.15, 0.2) is 24.3 Å². The molecule has 0 aliphatic carbocycles. The van der Waals surface area contributed by atoms with Gasteiger partial charge in [0.05, 0.1) is 17.4 Å². The quantitative estimate of drug-likeness (QED) is 0.641. The zero-order valence-electron chi connectivity index (χ0n) is 9.78. The molecule has 0 fully saturated rings. The number of benzene rings is 1. The van der Waals surface area contributed by atoms with Crippen molar-refractivity contribution in [2.45, 2.75) is 11.9 Å². The molecule has 8 heteroatoms. The molecule has 102 valence electrons. The summed E-state index contributed by atoms with van der Waals surface area (Å²) in [4.78, 5) is 10.3. The lowest BCUT2D eigenvalue weighted by molar-refractivity contribution is -0.146. The highest BCUT2D eigenvalue weighted by atomic mass is 32.2. The van der Waals surface area contributed by atoms with Crippen molar-refractivity contribution in [1.29, 1.82) is 5.26 Å². The highest BCUT2D eigenvalue weighted by molar-refractivity contribution is 7.88. The molecule has 7 nitrogen and oxygen atoms in total. The number of rotatable bonds is 6. The summed E-state index contributed by atoms with van der Waals surface area (Å²) in [6, 6.07) is 8.04. The molecule has 0 aromatic heterocycles. The summed E-state index contributed by atoms with van der Waals surface area (Å²) in [5.74, 6) is -1.97. The Morgan fingerprint density at radius 3 is 2.63 bits per heavy atom. The Bertz CT molecular complexity index is 606. The van der Waals surface area contributed by atoms with Crippen LogP contribution in [-0.2, 0) is 20.6 Å². The van der Waals surface area contributed by atoms with E-state index in [0.717, 1.165) is 0 Å². The van der Waals surface area contributed by atoms with Gasteiger partial charge in [-0.05, 0) is 11.6 Å². The van der Waals surface area contributed by atoms with E-state index in [2.05, 4.69) is 0 Å². The van der Waals surface area contributed by atoms with E-state index in [1.54, 1.807) is 12.1 Å². The van der Waals surface area contributed by atoms with Crippen molar-refractivity contribution < 1.29 is 23.4 Å². The van der Waals surface area contributed by atoms with Gasteiger partial charge >= 0.3 is 5.97 Å². The molecule has 19 heavy (non-hydrogen) atoms.